The number of anilines is 2. The first kappa shape index (κ1) is 19.4. The molecule has 3 rings (SSSR count). The lowest BCUT2D eigenvalue weighted by atomic mass is 10.2. The molecule has 0 aliphatic heterocycles. The van der Waals surface area contributed by atoms with Crippen LogP contribution in [0.15, 0.2) is 60.8 Å². The minimum Gasteiger partial charge on any atom is -0.495 e. The molecule has 0 unspecified atom stereocenters. The smallest absolute Gasteiger partial charge is 0.272 e. The Balaban J connectivity index is 1.80. The van der Waals surface area contributed by atoms with Crippen LogP contribution in [-0.2, 0) is 6.54 Å². The number of carbonyl (C=O) groups excluding carboxylic acids is 1. The zero-order chi connectivity index (χ0) is 19.9. The molecular weight excluding hydrogens is 352 g/mol. The van der Waals surface area contributed by atoms with E-state index in [9.17, 15) is 4.79 Å². The van der Waals surface area contributed by atoms with Crippen molar-refractivity contribution >= 4 is 17.5 Å². The van der Waals surface area contributed by atoms with E-state index in [4.69, 9.17) is 4.74 Å². The highest BCUT2D eigenvalue weighted by molar-refractivity contribution is 5.92. The molecule has 0 atom stereocenters. The highest BCUT2D eigenvalue weighted by Gasteiger charge is 2.17. The van der Waals surface area contributed by atoms with Gasteiger partial charge in [0, 0.05) is 19.3 Å². The molecule has 1 aromatic heterocycles. The van der Waals surface area contributed by atoms with Crippen LogP contribution >= 0.6 is 0 Å². The van der Waals surface area contributed by atoms with Crippen LogP contribution in [0.3, 0.4) is 0 Å². The number of nitrogens with zero attached hydrogens (tertiary/aromatic N) is 3. The SMILES string of the molecule is CCN(Cc1ccccc1)C(=O)c1ccnc(Nc2cc(C)ccc2OC)n1. The molecule has 6 nitrogen and oxygen atoms in total. The van der Waals surface area contributed by atoms with Gasteiger partial charge in [-0.1, -0.05) is 36.4 Å². The molecule has 0 saturated carbocycles. The summed E-state index contributed by atoms with van der Waals surface area (Å²) in [6, 6.07) is 17.3. The third-order valence-electron chi connectivity index (χ3n) is 4.36. The van der Waals surface area contributed by atoms with Gasteiger partial charge in [-0.05, 0) is 43.2 Å². The van der Waals surface area contributed by atoms with Crippen molar-refractivity contribution in [2.45, 2.75) is 20.4 Å². The molecular formula is C22H24N4O2. The number of ether oxygens (including phenoxy) is 1. The number of hydrogen-bond donors (Lipinski definition) is 1. The number of carbonyl (C=O) groups is 1. The second-order valence-electron chi connectivity index (χ2n) is 6.40. The van der Waals surface area contributed by atoms with E-state index in [1.165, 1.54) is 0 Å². The Bertz CT molecular complexity index is 944. The molecule has 1 N–H and O–H groups in total. The molecule has 2 aromatic carbocycles. The summed E-state index contributed by atoms with van der Waals surface area (Å²) >= 11 is 0. The molecule has 0 bridgehead atoms. The average Bonchev–Trinajstić information content (AvgIpc) is 2.72. The van der Waals surface area contributed by atoms with Gasteiger partial charge in [0.15, 0.2) is 0 Å². The number of nitrogens with one attached hydrogen (secondary N) is 1. The quantitative estimate of drug-likeness (QED) is 0.669. The highest BCUT2D eigenvalue weighted by atomic mass is 16.5. The van der Waals surface area contributed by atoms with Crippen LogP contribution in [0, 0.1) is 6.92 Å². The zero-order valence-corrected chi connectivity index (χ0v) is 16.3. The summed E-state index contributed by atoms with van der Waals surface area (Å²) < 4.78 is 5.38. The van der Waals surface area contributed by atoms with Crippen LogP contribution in [-0.4, -0.2) is 34.4 Å². The molecule has 28 heavy (non-hydrogen) atoms. The van der Waals surface area contributed by atoms with E-state index < -0.39 is 0 Å². The van der Waals surface area contributed by atoms with Crippen molar-refractivity contribution in [1.29, 1.82) is 0 Å². The second-order valence-corrected chi connectivity index (χ2v) is 6.40. The molecule has 144 valence electrons. The van der Waals surface area contributed by atoms with Gasteiger partial charge in [-0.15, -0.1) is 0 Å². The molecule has 0 aliphatic rings. The molecule has 0 spiro atoms. The van der Waals surface area contributed by atoms with Crippen molar-refractivity contribution in [2.75, 3.05) is 19.0 Å². The first-order valence-corrected chi connectivity index (χ1v) is 9.18. The highest BCUT2D eigenvalue weighted by Crippen LogP contribution is 2.27. The fourth-order valence-electron chi connectivity index (χ4n) is 2.87. The van der Waals surface area contributed by atoms with Gasteiger partial charge in [-0.25, -0.2) is 9.97 Å². The molecule has 0 fully saturated rings. The topological polar surface area (TPSA) is 67.4 Å². The maximum atomic E-state index is 12.9. The number of benzene rings is 2. The van der Waals surface area contributed by atoms with E-state index in [1.807, 2.05) is 62.4 Å². The molecule has 6 heteroatoms. The molecule has 0 saturated heterocycles. The standard InChI is InChI=1S/C22H24N4O2/c1-4-26(15-17-8-6-5-7-9-17)21(27)18-12-13-23-22(24-18)25-19-14-16(2)10-11-20(19)28-3/h5-14H,4,15H2,1-3H3,(H,23,24,25). The van der Waals surface area contributed by atoms with E-state index in [0.717, 1.165) is 16.8 Å². The number of hydrogen-bond acceptors (Lipinski definition) is 5. The fraction of sp³-hybridized carbons (Fsp3) is 0.227. The first-order chi connectivity index (χ1) is 13.6. The lowest BCUT2D eigenvalue weighted by molar-refractivity contribution is 0.0746. The van der Waals surface area contributed by atoms with Crippen molar-refractivity contribution in [3.8, 4) is 5.75 Å². The van der Waals surface area contributed by atoms with E-state index in [2.05, 4.69) is 15.3 Å². The Morgan fingerprint density at radius 3 is 2.64 bits per heavy atom. The third kappa shape index (κ3) is 4.65. The summed E-state index contributed by atoms with van der Waals surface area (Å²) in [5.74, 6) is 0.906. The molecule has 0 radical (unpaired) electrons. The van der Waals surface area contributed by atoms with Gasteiger partial charge in [0.2, 0.25) is 5.95 Å². The minimum absolute atomic E-state index is 0.131. The Morgan fingerprint density at radius 1 is 1.14 bits per heavy atom. The van der Waals surface area contributed by atoms with Crippen LogP contribution in [0.5, 0.6) is 5.75 Å². The van der Waals surface area contributed by atoms with Gasteiger partial charge in [0.1, 0.15) is 11.4 Å². The number of amides is 1. The summed E-state index contributed by atoms with van der Waals surface area (Å²) in [4.78, 5) is 23.4. The van der Waals surface area contributed by atoms with Crippen LogP contribution in [0.2, 0.25) is 0 Å². The summed E-state index contributed by atoms with van der Waals surface area (Å²) in [6.45, 7) is 5.08. The summed E-state index contributed by atoms with van der Waals surface area (Å²) in [5, 5.41) is 3.15. The third-order valence-corrected chi connectivity index (χ3v) is 4.36. The zero-order valence-electron chi connectivity index (χ0n) is 16.3. The molecule has 1 heterocycles. The normalized spacial score (nSPS) is 10.4. The Labute approximate surface area is 165 Å². The van der Waals surface area contributed by atoms with E-state index >= 15 is 0 Å². The van der Waals surface area contributed by atoms with E-state index in [0.29, 0.717) is 30.5 Å². The predicted molar refractivity (Wildman–Crippen MR) is 110 cm³/mol. The van der Waals surface area contributed by atoms with Gasteiger partial charge in [-0.2, -0.15) is 0 Å². The number of methoxy groups -OCH3 is 1. The lowest BCUT2D eigenvalue weighted by Gasteiger charge is -2.20. The first-order valence-electron chi connectivity index (χ1n) is 9.18. The molecule has 1 amide bonds. The van der Waals surface area contributed by atoms with Gasteiger partial charge >= 0.3 is 0 Å². The van der Waals surface area contributed by atoms with Gasteiger partial charge < -0.3 is 15.0 Å². The Kier molecular flexibility index (Phi) is 6.22. The number of aromatic nitrogens is 2. The summed E-state index contributed by atoms with van der Waals surface area (Å²) in [5.41, 5.74) is 3.26. The van der Waals surface area contributed by atoms with Crippen LogP contribution < -0.4 is 10.1 Å². The van der Waals surface area contributed by atoms with E-state index in [-0.39, 0.29) is 5.91 Å². The average molecular weight is 376 g/mol. The van der Waals surface area contributed by atoms with Crippen molar-refractivity contribution in [3.63, 3.8) is 0 Å². The maximum Gasteiger partial charge on any atom is 0.272 e. The Morgan fingerprint density at radius 2 is 1.93 bits per heavy atom. The molecule has 0 aliphatic carbocycles. The van der Waals surface area contributed by atoms with Crippen LogP contribution in [0.4, 0.5) is 11.6 Å². The van der Waals surface area contributed by atoms with Crippen molar-refractivity contribution in [3.05, 3.63) is 77.6 Å². The van der Waals surface area contributed by atoms with Crippen molar-refractivity contribution < 1.29 is 9.53 Å². The van der Waals surface area contributed by atoms with Crippen molar-refractivity contribution in [2.24, 2.45) is 0 Å². The van der Waals surface area contributed by atoms with Gasteiger partial charge in [-0.3, -0.25) is 4.79 Å². The predicted octanol–water partition coefficient (Wildman–Crippen LogP) is 4.20. The van der Waals surface area contributed by atoms with Gasteiger partial charge in [0.25, 0.3) is 5.91 Å². The van der Waals surface area contributed by atoms with Gasteiger partial charge in [0.05, 0.1) is 12.8 Å². The second kappa shape index (κ2) is 8.99. The number of rotatable bonds is 7. The maximum absolute atomic E-state index is 12.9. The lowest BCUT2D eigenvalue weighted by Crippen LogP contribution is -2.31. The van der Waals surface area contributed by atoms with Crippen LogP contribution in [0.1, 0.15) is 28.5 Å². The summed E-state index contributed by atoms with van der Waals surface area (Å²) in [6.07, 6.45) is 1.58. The molecule has 3 aromatic rings. The monoisotopic (exact) mass is 376 g/mol. The summed E-state index contributed by atoms with van der Waals surface area (Å²) in [7, 11) is 1.61. The van der Waals surface area contributed by atoms with E-state index in [1.54, 1.807) is 24.3 Å². The minimum atomic E-state index is -0.131. The van der Waals surface area contributed by atoms with Crippen LogP contribution in [0.25, 0.3) is 0 Å². The largest absolute Gasteiger partial charge is 0.495 e. The Hall–Kier alpha value is -3.41. The fourth-order valence-corrected chi connectivity index (χ4v) is 2.87. The number of aryl methyl sites for hydroxylation is 1. The van der Waals surface area contributed by atoms with Crippen molar-refractivity contribution in [1.82, 2.24) is 14.9 Å².